The summed E-state index contributed by atoms with van der Waals surface area (Å²) in [4.78, 5) is 12.1. The standard InChI is InChI=1S/C22H25ClN6O3/c1-22(2,24)12-32-21(30)27-14-9-18-20(26-10-14)29-19(28-18)16-8-13(5-6-17(16)23)25-11-15-4-3-7-31-15/h3-10,21,25,27,30H,11-12,24H2,1-2H3,(H,26,28,29). The molecule has 4 aromatic rings. The Morgan fingerprint density at radius 3 is 2.88 bits per heavy atom. The van der Waals surface area contributed by atoms with Gasteiger partial charge in [-0.05, 0) is 50.2 Å². The highest BCUT2D eigenvalue weighted by atomic mass is 35.5. The van der Waals surface area contributed by atoms with Gasteiger partial charge in [0, 0.05) is 16.8 Å². The van der Waals surface area contributed by atoms with Crippen molar-refractivity contribution in [3.8, 4) is 11.4 Å². The smallest absolute Gasteiger partial charge is 0.235 e. The Labute approximate surface area is 190 Å². The third-order valence-corrected chi connectivity index (χ3v) is 4.84. The van der Waals surface area contributed by atoms with E-state index in [1.165, 1.54) is 0 Å². The summed E-state index contributed by atoms with van der Waals surface area (Å²) in [5.74, 6) is 1.41. The highest BCUT2D eigenvalue weighted by molar-refractivity contribution is 6.33. The van der Waals surface area contributed by atoms with Crippen LogP contribution in [-0.2, 0) is 11.3 Å². The summed E-state index contributed by atoms with van der Waals surface area (Å²) in [5, 5.41) is 16.7. The number of ether oxygens (including phenoxy) is 1. The lowest BCUT2D eigenvalue weighted by Gasteiger charge is -2.21. The molecular weight excluding hydrogens is 432 g/mol. The lowest BCUT2D eigenvalue weighted by atomic mass is 10.1. The van der Waals surface area contributed by atoms with Gasteiger partial charge in [-0.2, -0.15) is 0 Å². The van der Waals surface area contributed by atoms with Crippen LogP contribution in [0.1, 0.15) is 19.6 Å². The fourth-order valence-corrected chi connectivity index (χ4v) is 3.21. The zero-order chi connectivity index (χ0) is 22.7. The van der Waals surface area contributed by atoms with Crippen LogP contribution in [0.2, 0.25) is 5.02 Å². The monoisotopic (exact) mass is 456 g/mol. The number of aromatic amines is 1. The second-order valence-corrected chi connectivity index (χ2v) is 8.51. The Balaban J connectivity index is 1.50. The van der Waals surface area contributed by atoms with Crippen molar-refractivity contribution in [2.24, 2.45) is 5.73 Å². The highest BCUT2D eigenvalue weighted by Gasteiger charge is 2.15. The molecule has 168 valence electrons. The SMILES string of the molecule is CC(C)(N)COC(O)Nc1cnc2nc(-c3cc(NCc4ccco4)ccc3Cl)[nH]c2c1. The zero-order valence-corrected chi connectivity index (χ0v) is 18.5. The second-order valence-electron chi connectivity index (χ2n) is 8.10. The number of fused-ring (bicyclic) bond motifs is 1. The lowest BCUT2D eigenvalue weighted by molar-refractivity contribution is -0.0901. The van der Waals surface area contributed by atoms with Gasteiger partial charge in [0.25, 0.3) is 0 Å². The van der Waals surface area contributed by atoms with Crippen LogP contribution in [0, 0.1) is 0 Å². The third-order valence-electron chi connectivity index (χ3n) is 4.51. The van der Waals surface area contributed by atoms with Crippen LogP contribution in [0.15, 0.2) is 53.3 Å². The molecule has 9 nitrogen and oxygen atoms in total. The van der Waals surface area contributed by atoms with E-state index in [0.29, 0.717) is 34.2 Å². The minimum absolute atomic E-state index is 0.188. The van der Waals surface area contributed by atoms with Crippen molar-refractivity contribution in [2.45, 2.75) is 32.3 Å². The molecule has 1 atom stereocenters. The molecule has 0 aliphatic rings. The fraction of sp³-hybridized carbons (Fsp3) is 0.273. The number of rotatable bonds is 9. The number of halogens is 1. The van der Waals surface area contributed by atoms with Gasteiger partial charge in [-0.25, -0.2) is 9.97 Å². The average Bonchev–Trinajstić information content (AvgIpc) is 3.40. The number of nitrogens with two attached hydrogens (primary N) is 1. The molecule has 0 aliphatic heterocycles. The van der Waals surface area contributed by atoms with Crippen LogP contribution in [0.3, 0.4) is 0 Å². The van der Waals surface area contributed by atoms with Crippen molar-refractivity contribution in [2.75, 3.05) is 17.2 Å². The molecule has 0 saturated carbocycles. The van der Waals surface area contributed by atoms with E-state index < -0.39 is 12.0 Å². The van der Waals surface area contributed by atoms with E-state index in [0.717, 1.165) is 17.0 Å². The highest BCUT2D eigenvalue weighted by Crippen LogP contribution is 2.30. The molecule has 3 aromatic heterocycles. The first kappa shape index (κ1) is 22.1. The maximum absolute atomic E-state index is 10.0. The molecule has 1 unspecified atom stereocenters. The number of nitrogens with one attached hydrogen (secondary N) is 3. The van der Waals surface area contributed by atoms with Gasteiger partial charge >= 0.3 is 0 Å². The van der Waals surface area contributed by atoms with E-state index in [2.05, 4.69) is 25.6 Å². The number of hydrogen-bond acceptors (Lipinski definition) is 8. The molecule has 10 heteroatoms. The molecule has 0 amide bonds. The third kappa shape index (κ3) is 5.57. The van der Waals surface area contributed by atoms with E-state index in [1.807, 2.05) is 44.2 Å². The molecule has 0 spiro atoms. The maximum atomic E-state index is 10.0. The molecule has 0 fully saturated rings. The largest absolute Gasteiger partial charge is 0.467 e. The number of imidazole rings is 1. The van der Waals surface area contributed by atoms with Gasteiger partial charge < -0.3 is 35.6 Å². The van der Waals surface area contributed by atoms with Gasteiger partial charge in [-0.15, -0.1) is 0 Å². The minimum atomic E-state index is -1.22. The van der Waals surface area contributed by atoms with E-state index >= 15 is 0 Å². The van der Waals surface area contributed by atoms with Crippen LogP contribution in [0.4, 0.5) is 11.4 Å². The molecule has 0 aliphatic carbocycles. The Bertz CT molecular complexity index is 1190. The number of anilines is 2. The molecule has 0 radical (unpaired) electrons. The van der Waals surface area contributed by atoms with Gasteiger partial charge in [0.05, 0.1) is 41.8 Å². The van der Waals surface area contributed by atoms with E-state index in [1.54, 1.807) is 18.5 Å². The van der Waals surface area contributed by atoms with Crippen molar-refractivity contribution < 1.29 is 14.3 Å². The first-order valence-corrected chi connectivity index (χ1v) is 10.4. The first-order chi connectivity index (χ1) is 15.3. The minimum Gasteiger partial charge on any atom is -0.467 e. The Kier molecular flexibility index (Phi) is 6.33. The average molecular weight is 457 g/mol. The number of aliphatic hydroxyl groups excluding tert-OH is 1. The summed E-state index contributed by atoms with van der Waals surface area (Å²) < 4.78 is 10.7. The Morgan fingerprint density at radius 1 is 1.28 bits per heavy atom. The number of aromatic nitrogens is 3. The quantitative estimate of drug-likeness (QED) is 0.239. The lowest BCUT2D eigenvalue weighted by Crippen LogP contribution is -2.40. The Hall–Kier alpha value is -3.11. The molecule has 0 bridgehead atoms. The van der Waals surface area contributed by atoms with Crippen LogP contribution in [-0.4, -0.2) is 38.6 Å². The van der Waals surface area contributed by atoms with Gasteiger partial charge in [0.1, 0.15) is 11.6 Å². The molecule has 0 saturated heterocycles. The molecule has 1 aromatic carbocycles. The first-order valence-electron chi connectivity index (χ1n) is 10.0. The number of nitrogens with zero attached hydrogens (tertiary/aromatic N) is 2. The number of hydrogen-bond donors (Lipinski definition) is 5. The number of benzene rings is 1. The van der Waals surface area contributed by atoms with Gasteiger partial charge in [0.2, 0.25) is 6.41 Å². The normalized spacial score (nSPS) is 12.8. The van der Waals surface area contributed by atoms with E-state index in [-0.39, 0.29) is 6.61 Å². The van der Waals surface area contributed by atoms with Crippen molar-refractivity contribution in [1.82, 2.24) is 15.0 Å². The molecule has 32 heavy (non-hydrogen) atoms. The Morgan fingerprint density at radius 2 is 2.12 bits per heavy atom. The second kappa shape index (κ2) is 9.17. The van der Waals surface area contributed by atoms with Crippen molar-refractivity contribution in [3.63, 3.8) is 0 Å². The van der Waals surface area contributed by atoms with Crippen LogP contribution >= 0.6 is 11.6 Å². The summed E-state index contributed by atoms with van der Waals surface area (Å²) in [6.07, 6.45) is 1.99. The van der Waals surface area contributed by atoms with Gasteiger partial charge in [-0.1, -0.05) is 11.6 Å². The zero-order valence-electron chi connectivity index (χ0n) is 17.7. The molecule has 3 heterocycles. The van der Waals surface area contributed by atoms with Crippen LogP contribution in [0.5, 0.6) is 0 Å². The van der Waals surface area contributed by atoms with E-state index in [4.69, 9.17) is 26.5 Å². The molecule has 4 rings (SSSR count). The van der Waals surface area contributed by atoms with Gasteiger partial charge in [-0.3, -0.25) is 0 Å². The van der Waals surface area contributed by atoms with Crippen LogP contribution < -0.4 is 16.4 Å². The predicted molar refractivity (Wildman–Crippen MR) is 124 cm³/mol. The number of aliphatic hydroxyl groups is 1. The maximum Gasteiger partial charge on any atom is 0.235 e. The number of pyridine rings is 1. The van der Waals surface area contributed by atoms with Crippen molar-refractivity contribution >= 4 is 34.1 Å². The van der Waals surface area contributed by atoms with Gasteiger partial charge in [0.15, 0.2) is 5.65 Å². The fourth-order valence-electron chi connectivity index (χ4n) is 3.00. The number of furan rings is 1. The summed E-state index contributed by atoms with van der Waals surface area (Å²) in [6.45, 7) is 4.36. The summed E-state index contributed by atoms with van der Waals surface area (Å²) >= 11 is 6.43. The van der Waals surface area contributed by atoms with E-state index in [9.17, 15) is 5.11 Å². The summed E-state index contributed by atoms with van der Waals surface area (Å²) in [7, 11) is 0. The molecular formula is C22H25ClN6O3. The predicted octanol–water partition coefficient (Wildman–Crippen LogP) is 3.93. The van der Waals surface area contributed by atoms with Crippen molar-refractivity contribution in [1.29, 1.82) is 0 Å². The summed E-state index contributed by atoms with van der Waals surface area (Å²) in [6, 6.07) is 11.1. The van der Waals surface area contributed by atoms with Crippen LogP contribution in [0.25, 0.3) is 22.6 Å². The number of H-pyrrole nitrogens is 1. The summed E-state index contributed by atoms with van der Waals surface area (Å²) in [5.41, 5.74) is 8.69. The van der Waals surface area contributed by atoms with Crippen molar-refractivity contribution in [3.05, 3.63) is 59.6 Å². The molecule has 6 N–H and O–H groups in total. The topological polar surface area (TPSA) is 134 Å².